The number of nitrogens with zero attached hydrogens (tertiary/aromatic N) is 4. The van der Waals surface area contributed by atoms with E-state index in [4.69, 9.17) is 27.7 Å². The highest BCUT2D eigenvalue weighted by Gasteiger charge is 2.28. The molecule has 12 heteroatoms. The van der Waals surface area contributed by atoms with Gasteiger partial charge in [0.25, 0.3) is 0 Å². The number of ether oxygens (including phenoxy) is 4. The summed E-state index contributed by atoms with van der Waals surface area (Å²) in [6.45, 7) is 12.0. The maximum Gasteiger partial charge on any atom is 0.119 e. The van der Waals surface area contributed by atoms with Gasteiger partial charge in [0.1, 0.15) is 34.0 Å². The number of aromatic nitrogens is 2. The Morgan fingerprint density at radius 1 is 0.302 bits per heavy atom. The quantitative estimate of drug-likeness (QED) is 0.0284. The van der Waals surface area contributed by atoms with Crippen LogP contribution >= 0.6 is 23.9 Å². The van der Waals surface area contributed by atoms with Gasteiger partial charge in [0.05, 0.1) is 61.7 Å². The topological polar surface area (TPSA) is 93.2 Å². The van der Waals surface area contributed by atoms with Crippen LogP contribution in [-0.2, 0) is 0 Å². The number of nitrogens with one attached hydrogen (secondary N) is 2. The Kier molecular flexibility index (Phi) is 25.9. The van der Waals surface area contributed by atoms with Crippen molar-refractivity contribution in [3.05, 3.63) is 146 Å². The standard InChI is InChI=1S/C74H94N6O4S2/c1-5-9-13-17-21-25-53-81-65-45-37-61(38-46-65)79(62-39-47-66(48-40-62)82-54-26-22-18-14-10-6-2)59-33-29-57(30-34-59)69-71-73(77-85-75-71)70(74-72(69)76-86-78-74)58-31-35-60(36-32-58)80(63-41-49-67(50-42-63)83-55-27-23-19-15-11-7-3)64-43-51-68(52-44-64)84-56-28-24-20-16-12-8-4/h29-52,75,77H,5-28,53-56H2,1-4H3. The molecule has 0 unspecified atom stereocenters. The van der Waals surface area contributed by atoms with Crippen molar-refractivity contribution in [2.45, 2.75) is 182 Å². The van der Waals surface area contributed by atoms with E-state index in [2.05, 4.69) is 193 Å². The first-order valence-electron chi connectivity index (χ1n) is 32.8. The number of hydrogen-bond acceptors (Lipinski definition) is 12. The van der Waals surface area contributed by atoms with Crippen LogP contribution in [0.2, 0.25) is 0 Å². The summed E-state index contributed by atoms with van der Waals surface area (Å²) in [5, 5.41) is 0. The smallest absolute Gasteiger partial charge is 0.119 e. The summed E-state index contributed by atoms with van der Waals surface area (Å²) in [4.78, 5) is 4.60. The van der Waals surface area contributed by atoms with Gasteiger partial charge in [0.2, 0.25) is 0 Å². The Morgan fingerprint density at radius 3 is 0.791 bits per heavy atom. The van der Waals surface area contributed by atoms with E-state index in [1.807, 2.05) is 0 Å². The molecule has 86 heavy (non-hydrogen) atoms. The van der Waals surface area contributed by atoms with Gasteiger partial charge >= 0.3 is 0 Å². The third-order valence-electron chi connectivity index (χ3n) is 16.3. The molecule has 0 spiro atoms. The van der Waals surface area contributed by atoms with Gasteiger partial charge in [-0.25, -0.2) is 0 Å². The Bertz CT molecular complexity index is 2860. The molecule has 0 atom stereocenters. The van der Waals surface area contributed by atoms with Crippen molar-refractivity contribution in [2.24, 2.45) is 0 Å². The van der Waals surface area contributed by atoms with Crippen molar-refractivity contribution in [1.29, 1.82) is 0 Å². The van der Waals surface area contributed by atoms with Crippen LogP contribution in [0.5, 0.6) is 23.0 Å². The van der Waals surface area contributed by atoms with Crippen molar-refractivity contribution >= 4 is 80.4 Å². The molecule has 0 bridgehead atoms. The lowest BCUT2D eigenvalue weighted by Gasteiger charge is -2.26. The molecule has 456 valence electrons. The Hall–Kier alpha value is -6.89. The minimum Gasteiger partial charge on any atom is -0.494 e. The second-order valence-electron chi connectivity index (χ2n) is 23.0. The summed E-state index contributed by atoms with van der Waals surface area (Å²) in [7, 11) is 0. The number of unbranched alkanes of at least 4 members (excludes halogenated alkanes) is 20. The highest BCUT2D eigenvalue weighted by atomic mass is 32.2. The maximum absolute atomic E-state index is 6.24. The molecule has 0 radical (unpaired) electrons. The lowest BCUT2D eigenvalue weighted by Crippen LogP contribution is -2.10. The van der Waals surface area contributed by atoms with Crippen LogP contribution in [-0.4, -0.2) is 35.2 Å². The Balaban J connectivity index is 0.957. The van der Waals surface area contributed by atoms with Gasteiger partial charge in [-0.2, -0.15) is 8.75 Å². The summed E-state index contributed by atoms with van der Waals surface area (Å²) in [5.74, 6) is 3.56. The SMILES string of the molecule is CCCCCCCCOc1ccc(N(c2ccc(OCCCCCCCC)cc2)c2ccc(-c3c4c(c(-c5ccc(N(c6ccc(OCCCCCCCC)cc6)c6ccc(OCCCCCCCC)cc6)cc5)c5nsnc35)NSN4)cc2)cc1. The number of hydrogen-bond donors (Lipinski definition) is 2. The van der Waals surface area contributed by atoms with E-state index in [0.717, 1.165) is 154 Å². The van der Waals surface area contributed by atoms with E-state index < -0.39 is 0 Å². The van der Waals surface area contributed by atoms with Crippen molar-refractivity contribution in [1.82, 2.24) is 8.75 Å². The van der Waals surface area contributed by atoms with Crippen LogP contribution in [0.25, 0.3) is 33.3 Å². The van der Waals surface area contributed by atoms with Gasteiger partial charge in [-0.1, -0.05) is 180 Å². The first kappa shape index (κ1) is 63.6. The molecular weight excluding hydrogens is 1100 g/mol. The first-order valence-corrected chi connectivity index (χ1v) is 34.3. The first-order chi connectivity index (χ1) is 42.6. The number of fused-ring (bicyclic) bond motifs is 2. The summed E-state index contributed by atoms with van der Waals surface area (Å²) in [5.41, 5.74) is 14.1. The molecule has 0 saturated heterocycles. The van der Waals surface area contributed by atoms with Crippen LogP contribution in [0.4, 0.5) is 45.5 Å². The van der Waals surface area contributed by atoms with Gasteiger partial charge in [0, 0.05) is 45.3 Å². The largest absolute Gasteiger partial charge is 0.494 e. The highest BCUT2D eigenvalue weighted by molar-refractivity contribution is 8.02. The molecule has 2 N–H and O–H groups in total. The van der Waals surface area contributed by atoms with E-state index in [0.29, 0.717) is 0 Å². The predicted molar refractivity (Wildman–Crippen MR) is 368 cm³/mol. The van der Waals surface area contributed by atoms with Crippen LogP contribution in [0.15, 0.2) is 146 Å². The second-order valence-corrected chi connectivity index (χ2v) is 24.1. The molecule has 0 amide bonds. The fourth-order valence-corrected chi connectivity index (χ4v) is 12.6. The lowest BCUT2D eigenvalue weighted by molar-refractivity contribution is 0.304. The molecule has 2 heterocycles. The normalized spacial score (nSPS) is 11.8. The Labute approximate surface area is 523 Å². The second kappa shape index (κ2) is 35.1. The summed E-state index contributed by atoms with van der Waals surface area (Å²) >= 11 is 2.72. The van der Waals surface area contributed by atoms with Crippen LogP contribution in [0.3, 0.4) is 0 Å². The molecule has 0 fully saturated rings. The van der Waals surface area contributed by atoms with E-state index in [1.165, 1.54) is 152 Å². The van der Waals surface area contributed by atoms with Gasteiger partial charge in [-0.3, -0.25) is 0 Å². The summed E-state index contributed by atoms with van der Waals surface area (Å²) in [6, 6.07) is 51.8. The summed E-state index contributed by atoms with van der Waals surface area (Å²) < 4.78 is 42.3. The van der Waals surface area contributed by atoms with Gasteiger partial charge in [-0.15, -0.1) is 0 Å². The molecule has 1 aliphatic rings. The van der Waals surface area contributed by atoms with E-state index in [9.17, 15) is 0 Å². The number of anilines is 8. The zero-order chi connectivity index (χ0) is 59.4. The van der Waals surface area contributed by atoms with E-state index in [-0.39, 0.29) is 0 Å². The number of rotatable bonds is 40. The van der Waals surface area contributed by atoms with Crippen molar-refractivity contribution < 1.29 is 18.9 Å². The molecule has 8 aromatic rings. The fourth-order valence-electron chi connectivity index (χ4n) is 11.4. The summed E-state index contributed by atoms with van der Waals surface area (Å²) in [6.07, 6.45) is 29.7. The third-order valence-corrected chi connectivity index (χ3v) is 17.4. The average Bonchev–Trinajstić information content (AvgIpc) is 1.76. The zero-order valence-electron chi connectivity index (χ0n) is 51.9. The monoisotopic (exact) mass is 1190 g/mol. The van der Waals surface area contributed by atoms with E-state index >= 15 is 0 Å². The molecule has 10 nitrogen and oxygen atoms in total. The third kappa shape index (κ3) is 18.1. The van der Waals surface area contributed by atoms with Crippen LogP contribution in [0, 0.1) is 0 Å². The average molecular weight is 1200 g/mol. The van der Waals surface area contributed by atoms with Gasteiger partial charge in [0.15, 0.2) is 0 Å². The molecule has 1 aromatic heterocycles. The minimum atomic E-state index is 0.731. The minimum absolute atomic E-state index is 0.731. The van der Waals surface area contributed by atoms with Gasteiger partial charge in [-0.05, 0) is 158 Å². The van der Waals surface area contributed by atoms with Crippen molar-refractivity contribution in [3.63, 3.8) is 0 Å². The van der Waals surface area contributed by atoms with Crippen molar-refractivity contribution in [2.75, 3.05) is 45.7 Å². The van der Waals surface area contributed by atoms with Crippen molar-refractivity contribution in [3.8, 4) is 45.3 Å². The lowest BCUT2D eigenvalue weighted by atomic mass is 9.93. The maximum atomic E-state index is 6.24. The molecule has 1 aliphatic heterocycles. The molecular formula is C74H94N6O4S2. The Morgan fingerprint density at radius 2 is 0.535 bits per heavy atom. The number of benzene rings is 7. The van der Waals surface area contributed by atoms with Crippen LogP contribution in [0.1, 0.15) is 182 Å². The van der Waals surface area contributed by atoms with Crippen LogP contribution < -0.4 is 38.2 Å². The molecule has 0 saturated carbocycles. The zero-order valence-corrected chi connectivity index (χ0v) is 53.5. The highest BCUT2D eigenvalue weighted by Crippen LogP contribution is 2.52. The predicted octanol–water partition coefficient (Wildman–Crippen LogP) is 23.3. The molecule has 0 aliphatic carbocycles. The molecule has 7 aromatic carbocycles. The fraction of sp³-hybridized carbons (Fsp3) is 0.432. The molecule has 9 rings (SSSR count). The van der Waals surface area contributed by atoms with E-state index in [1.54, 1.807) is 0 Å². The van der Waals surface area contributed by atoms with Gasteiger partial charge < -0.3 is 38.2 Å².